The summed E-state index contributed by atoms with van der Waals surface area (Å²) in [6.45, 7) is -0.383. The number of carbonyl (C=O) groups is 2. The first kappa shape index (κ1) is 17.4. The average molecular weight is 375 g/mol. The second kappa shape index (κ2) is 5.54. The fraction of sp³-hybridized carbons (Fsp3) is 0.818. The molecule has 3 aliphatic rings. The van der Waals surface area contributed by atoms with Gasteiger partial charge in [-0.25, -0.2) is 4.79 Å². The Balaban J connectivity index is 1.74. The fourth-order valence-corrected chi connectivity index (χ4v) is 3.54. The molecule has 5 atom stereocenters. The van der Waals surface area contributed by atoms with Gasteiger partial charge in [0.05, 0.1) is 19.3 Å². The summed E-state index contributed by atoms with van der Waals surface area (Å²) in [6, 6.07) is -0.850. The van der Waals surface area contributed by atoms with E-state index in [1.807, 2.05) is 0 Å². The highest BCUT2D eigenvalue weighted by molar-refractivity contribution is 7.87. The van der Waals surface area contributed by atoms with E-state index >= 15 is 0 Å². The summed E-state index contributed by atoms with van der Waals surface area (Å²) in [6.07, 6.45) is -5.24. The van der Waals surface area contributed by atoms with Crippen molar-refractivity contribution in [3.63, 3.8) is 0 Å². The fourth-order valence-electron chi connectivity index (χ4n) is 2.93. The smallest absolute Gasteiger partial charge is 0.467 e. The van der Waals surface area contributed by atoms with Gasteiger partial charge in [0.15, 0.2) is 18.5 Å². The monoisotopic (exact) mass is 375 g/mol. The van der Waals surface area contributed by atoms with Gasteiger partial charge in [-0.15, -0.1) is 0 Å². The molecule has 0 aliphatic carbocycles. The molecule has 0 saturated carbocycles. The van der Waals surface area contributed by atoms with Crippen molar-refractivity contribution >= 4 is 22.0 Å². The third-order valence-corrected chi connectivity index (χ3v) is 5.05. The van der Waals surface area contributed by atoms with Gasteiger partial charge in [0, 0.05) is 13.0 Å². The van der Waals surface area contributed by atoms with Crippen molar-refractivity contribution in [3.05, 3.63) is 0 Å². The minimum Gasteiger partial charge on any atom is -0.467 e. The Morgan fingerprint density at radius 2 is 2.00 bits per heavy atom. The van der Waals surface area contributed by atoms with E-state index in [2.05, 4.69) is 8.92 Å². The Morgan fingerprint density at radius 3 is 2.58 bits per heavy atom. The van der Waals surface area contributed by atoms with Crippen LogP contribution in [0.25, 0.3) is 0 Å². The number of halogens is 3. The van der Waals surface area contributed by atoms with Gasteiger partial charge >= 0.3 is 21.6 Å². The lowest BCUT2D eigenvalue weighted by molar-refractivity contribution is -0.171. The molecule has 3 fully saturated rings. The number of carbonyl (C=O) groups excluding carboxylic acids is 2. The van der Waals surface area contributed by atoms with E-state index in [1.165, 1.54) is 0 Å². The summed E-state index contributed by atoms with van der Waals surface area (Å²) in [5, 5.41) is 0. The number of alkyl halides is 3. The van der Waals surface area contributed by atoms with Gasteiger partial charge in [-0.1, -0.05) is 0 Å². The zero-order valence-electron chi connectivity index (χ0n) is 12.1. The predicted octanol–water partition coefficient (Wildman–Crippen LogP) is -0.881. The molecule has 3 heterocycles. The number of fused-ring (bicyclic) bond motifs is 4. The van der Waals surface area contributed by atoms with E-state index in [-0.39, 0.29) is 13.0 Å². The number of amides is 1. The van der Waals surface area contributed by atoms with E-state index < -0.39 is 58.1 Å². The Hall–Kier alpha value is -1.44. The molecule has 0 N–H and O–H groups in total. The number of hydrogen-bond donors (Lipinski definition) is 0. The number of morpholine rings is 1. The summed E-state index contributed by atoms with van der Waals surface area (Å²) in [7, 11) is -4.67. The lowest BCUT2D eigenvalue weighted by Crippen LogP contribution is -2.53. The molecule has 1 amide bonds. The van der Waals surface area contributed by atoms with Crippen LogP contribution in [0.1, 0.15) is 6.42 Å². The number of nitrogens with zero attached hydrogens (tertiary/aromatic N) is 1. The normalized spacial score (nSPS) is 35.9. The molecule has 3 rings (SSSR count). The van der Waals surface area contributed by atoms with Crippen LogP contribution in [0.3, 0.4) is 0 Å². The molecular weight excluding hydrogens is 363 g/mol. The summed E-state index contributed by atoms with van der Waals surface area (Å²) in [4.78, 5) is 25.0. The molecule has 9 nitrogen and oxygen atoms in total. The van der Waals surface area contributed by atoms with Crippen LogP contribution in [0.4, 0.5) is 13.2 Å². The van der Waals surface area contributed by atoms with Crippen LogP contribution in [0, 0.1) is 0 Å². The molecule has 0 aromatic carbocycles. The van der Waals surface area contributed by atoms with Crippen LogP contribution in [0.15, 0.2) is 0 Å². The van der Waals surface area contributed by atoms with Gasteiger partial charge in [0.2, 0.25) is 0 Å². The second-order valence-corrected chi connectivity index (χ2v) is 6.98. The Labute approximate surface area is 133 Å². The molecule has 2 bridgehead atoms. The lowest BCUT2D eigenvalue weighted by atomic mass is 10.1. The van der Waals surface area contributed by atoms with Crippen LogP contribution < -0.4 is 0 Å². The summed E-state index contributed by atoms with van der Waals surface area (Å²) in [5.41, 5.74) is -5.55. The maximum Gasteiger partial charge on any atom is 0.523 e. The van der Waals surface area contributed by atoms with Crippen molar-refractivity contribution in [3.8, 4) is 0 Å². The second-order valence-electron chi connectivity index (χ2n) is 5.42. The van der Waals surface area contributed by atoms with Crippen molar-refractivity contribution < 1.29 is 49.6 Å². The molecule has 0 radical (unpaired) electrons. The zero-order valence-corrected chi connectivity index (χ0v) is 12.9. The molecule has 13 heteroatoms. The molecule has 136 valence electrons. The first-order valence-corrected chi connectivity index (χ1v) is 8.15. The number of esters is 1. The number of hydrogen-bond acceptors (Lipinski definition) is 8. The SMILES string of the molecule is COC(=O)[C@@H]1O[C@@H]2O[C@H]1C(=O)N1C[C@H](OS(=O)(=O)C(F)(F)F)C[C@@H]21. The van der Waals surface area contributed by atoms with E-state index in [9.17, 15) is 31.2 Å². The number of methoxy groups -OCH3 is 1. The highest BCUT2D eigenvalue weighted by atomic mass is 32.2. The first-order valence-electron chi connectivity index (χ1n) is 6.74. The van der Waals surface area contributed by atoms with Crippen molar-refractivity contribution in [2.24, 2.45) is 0 Å². The molecule has 3 saturated heterocycles. The standard InChI is InChI=1S/C11H12F3NO8S/c1-20-9(17)7-6-8(16)15-3-4(2-5(15)10(21-6)22-7)23-24(18,19)11(12,13)14/h4-7,10H,2-3H2,1H3/t4-,5+,6-,7-,10+/m1/s1. The van der Waals surface area contributed by atoms with E-state index in [1.54, 1.807) is 0 Å². The summed E-state index contributed by atoms with van der Waals surface area (Å²) < 4.78 is 78.4. The average Bonchev–Trinajstić information content (AvgIpc) is 3.05. The summed E-state index contributed by atoms with van der Waals surface area (Å²) in [5.74, 6) is -1.51. The number of rotatable bonds is 3. The Morgan fingerprint density at radius 1 is 1.33 bits per heavy atom. The van der Waals surface area contributed by atoms with Crippen LogP contribution in [-0.2, 0) is 38.1 Å². The van der Waals surface area contributed by atoms with Gasteiger partial charge in [-0.05, 0) is 0 Å². The maximum absolute atomic E-state index is 12.4. The van der Waals surface area contributed by atoms with Gasteiger partial charge in [0.1, 0.15) is 0 Å². The van der Waals surface area contributed by atoms with Gasteiger partial charge in [-0.2, -0.15) is 21.6 Å². The number of ether oxygens (including phenoxy) is 3. The largest absolute Gasteiger partial charge is 0.523 e. The van der Waals surface area contributed by atoms with Crippen LogP contribution in [0.2, 0.25) is 0 Å². The maximum atomic E-state index is 12.4. The van der Waals surface area contributed by atoms with Crippen LogP contribution in [0.5, 0.6) is 0 Å². The Kier molecular flexibility index (Phi) is 4.01. The Bertz CT molecular complexity index is 665. The quantitative estimate of drug-likeness (QED) is 0.355. The molecule has 0 spiro atoms. The highest BCUT2D eigenvalue weighted by Crippen LogP contribution is 2.39. The van der Waals surface area contributed by atoms with Crippen LogP contribution >= 0.6 is 0 Å². The van der Waals surface area contributed by atoms with E-state index in [4.69, 9.17) is 9.47 Å². The molecule has 0 aromatic rings. The summed E-state index contributed by atoms with van der Waals surface area (Å²) >= 11 is 0. The minimum absolute atomic E-state index is 0.244. The van der Waals surface area contributed by atoms with Gasteiger partial charge in [-0.3, -0.25) is 8.98 Å². The third-order valence-electron chi connectivity index (χ3n) is 3.96. The third kappa shape index (κ3) is 2.64. The van der Waals surface area contributed by atoms with Gasteiger partial charge in [0.25, 0.3) is 5.91 Å². The van der Waals surface area contributed by atoms with E-state index in [0.717, 1.165) is 12.0 Å². The molecular formula is C11H12F3NO8S. The predicted molar refractivity (Wildman–Crippen MR) is 65.5 cm³/mol. The molecule has 3 aliphatic heterocycles. The lowest BCUT2D eigenvalue weighted by Gasteiger charge is -2.32. The minimum atomic E-state index is -5.78. The molecule has 24 heavy (non-hydrogen) atoms. The van der Waals surface area contributed by atoms with Crippen molar-refractivity contribution in [1.82, 2.24) is 4.90 Å². The van der Waals surface area contributed by atoms with E-state index in [0.29, 0.717) is 0 Å². The van der Waals surface area contributed by atoms with Gasteiger partial charge < -0.3 is 19.1 Å². The zero-order chi connectivity index (χ0) is 17.9. The van der Waals surface area contributed by atoms with Crippen molar-refractivity contribution in [2.45, 2.75) is 42.6 Å². The molecule has 0 aromatic heterocycles. The highest BCUT2D eigenvalue weighted by Gasteiger charge is 2.60. The van der Waals surface area contributed by atoms with Crippen molar-refractivity contribution in [2.75, 3.05) is 13.7 Å². The van der Waals surface area contributed by atoms with Crippen molar-refractivity contribution in [1.29, 1.82) is 0 Å². The topological polar surface area (TPSA) is 108 Å². The first-order chi connectivity index (χ1) is 11.0. The van der Waals surface area contributed by atoms with Crippen LogP contribution in [-0.4, -0.2) is 75.0 Å². The molecule has 0 unspecified atom stereocenters.